The molecule has 3 heteroatoms. The lowest BCUT2D eigenvalue weighted by Crippen LogP contribution is -2.56. The molecule has 0 aromatic rings. The van der Waals surface area contributed by atoms with Crippen LogP contribution in [-0.2, 0) is 0 Å². The Hall–Kier alpha value is -0.380. The van der Waals surface area contributed by atoms with Crippen molar-refractivity contribution in [3.05, 3.63) is 12.7 Å². The fourth-order valence-electron chi connectivity index (χ4n) is 2.41. The SMILES string of the molecule is C=CC(N)C1CN2CCCN1CC2. The highest BCUT2D eigenvalue weighted by atomic mass is 15.3. The molecule has 0 amide bonds. The minimum absolute atomic E-state index is 0.140. The minimum Gasteiger partial charge on any atom is -0.323 e. The van der Waals surface area contributed by atoms with Crippen molar-refractivity contribution in [2.45, 2.75) is 18.5 Å². The van der Waals surface area contributed by atoms with Gasteiger partial charge in [-0.1, -0.05) is 6.08 Å². The van der Waals surface area contributed by atoms with E-state index >= 15 is 0 Å². The zero-order valence-corrected chi connectivity index (χ0v) is 8.15. The average molecular weight is 181 g/mol. The van der Waals surface area contributed by atoms with Crippen molar-refractivity contribution in [2.24, 2.45) is 5.73 Å². The van der Waals surface area contributed by atoms with E-state index in [2.05, 4.69) is 16.4 Å². The first-order chi connectivity index (χ1) is 6.31. The van der Waals surface area contributed by atoms with Crippen LogP contribution in [0, 0.1) is 0 Å². The van der Waals surface area contributed by atoms with Crippen LogP contribution in [0.2, 0.25) is 0 Å². The van der Waals surface area contributed by atoms with Gasteiger partial charge in [-0.2, -0.15) is 0 Å². The van der Waals surface area contributed by atoms with Gasteiger partial charge in [-0.05, 0) is 19.5 Å². The number of hydrogen-bond acceptors (Lipinski definition) is 3. The van der Waals surface area contributed by atoms with Gasteiger partial charge >= 0.3 is 0 Å². The lowest BCUT2D eigenvalue weighted by atomic mass is 10.1. The molecule has 0 aliphatic carbocycles. The van der Waals surface area contributed by atoms with Crippen molar-refractivity contribution in [1.82, 2.24) is 9.80 Å². The summed E-state index contributed by atoms with van der Waals surface area (Å²) < 4.78 is 0. The molecule has 0 aromatic carbocycles. The van der Waals surface area contributed by atoms with Gasteiger partial charge in [0.2, 0.25) is 0 Å². The summed E-state index contributed by atoms with van der Waals surface area (Å²) >= 11 is 0. The summed E-state index contributed by atoms with van der Waals surface area (Å²) in [5, 5.41) is 0. The van der Waals surface area contributed by atoms with E-state index in [1.54, 1.807) is 0 Å². The van der Waals surface area contributed by atoms with Crippen molar-refractivity contribution in [1.29, 1.82) is 0 Å². The summed E-state index contributed by atoms with van der Waals surface area (Å²) in [7, 11) is 0. The van der Waals surface area contributed by atoms with Crippen LogP contribution in [0.1, 0.15) is 6.42 Å². The Kier molecular flexibility index (Phi) is 2.67. The standard InChI is InChI=1S/C10H19N3/c1-2-9(11)10-8-12-4-3-5-13(10)7-6-12/h2,9-10H,1,3-8,11H2. The normalized spacial score (nSPS) is 41.2. The first-order valence-corrected chi connectivity index (χ1v) is 5.16. The first-order valence-electron chi connectivity index (χ1n) is 5.16. The molecule has 4 unspecified atom stereocenters. The maximum absolute atomic E-state index is 6.02. The number of rotatable bonds is 2. The predicted octanol–water partition coefficient (Wildman–Crippen LogP) is -0.110. The predicted molar refractivity (Wildman–Crippen MR) is 54.6 cm³/mol. The maximum atomic E-state index is 6.02. The summed E-state index contributed by atoms with van der Waals surface area (Å²) in [5.41, 5.74) is 6.02. The second-order valence-electron chi connectivity index (χ2n) is 4.07. The summed E-state index contributed by atoms with van der Waals surface area (Å²) in [6, 6.07) is 0.648. The Labute approximate surface area is 80.2 Å². The second kappa shape index (κ2) is 3.78. The molecule has 2 N–H and O–H groups in total. The highest BCUT2D eigenvalue weighted by molar-refractivity contribution is 4.98. The van der Waals surface area contributed by atoms with Gasteiger partial charge in [0.05, 0.1) is 0 Å². The minimum atomic E-state index is 0.140. The third-order valence-corrected chi connectivity index (χ3v) is 3.25. The molecule has 2 bridgehead atoms. The highest BCUT2D eigenvalue weighted by Crippen LogP contribution is 2.17. The van der Waals surface area contributed by atoms with Gasteiger partial charge in [0, 0.05) is 31.7 Å². The molecule has 3 saturated heterocycles. The van der Waals surface area contributed by atoms with Crippen LogP contribution in [0.3, 0.4) is 0 Å². The molecule has 3 nitrogen and oxygen atoms in total. The molecular formula is C10H19N3. The average Bonchev–Trinajstić information content (AvgIpc) is 2.50. The van der Waals surface area contributed by atoms with Gasteiger partial charge in [-0.3, -0.25) is 4.90 Å². The van der Waals surface area contributed by atoms with E-state index < -0.39 is 0 Å². The molecule has 74 valence electrons. The Bertz CT molecular complexity index is 189. The lowest BCUT2D eigenvalue weighted by Gasteiger charge is -2.39. The third kappa shape index (κ3) is 1.77. The van der Waals surface area contributed by atoms with E-state index in [1.165, 1.54) is 32.6 Å². The second-order valence-corrected chi connectivity index (χ2v) is 4.07. The van der Waals surface area contributed by atoms with E-state index in [9.17, 15) is 0 Å². The number of hydrogen-bond donors (Lipinski definition) is 1. The molecule has 0 saturated carbocycles. The molecule has 0 aromatic heterocycles. The molecule has 4 atom stereocenters. The van der Waals surface area contributed by atoms with E-state index in [-0.39, 0.29) is 6.04 Å². The largest absolute Gasteiger partial charge is 0.323 e. The molecule has 0 spiro atoms. The Morgan fingerprint density at radius 1 is 1.31 bits per heavy atom. The number of nitrogens with zero attached hydrogens (tertiary/aromatic N) is 2. The van der Waals surface area contributed by atoms with Crippen LogP contribution in [0.15, 0.2) is 12.7 Å². The molecule has 3 fully saturated rings. The monoisotopic (exact) mass is 181 g/mol. The summed E-state index contributed by atoms with van der Waals surface area (Å²) in [6.07, 6.45) is 3.17. The van der Waals surface area contributed by atoms with E-state index in [4.69, 9.17) is 5.73 Å². The molecule has 3 aliphatic heterocycles. The van der Waals surface area contributed by atoms with Gasteiger partial charge < -0.3 is 10.6 Å². The van der Waals surface area contributed by atoms with Crippen LogP contribution in [-0.4, -0.2) is 54.6 Å². The van der Waals surface area contributed by atoms with Crippen LogP contribution in [0.4, 0.5) is 0 Å². The topological polar surface area (TPSA) is 32.5 Å². The summed E-state index contributed by atoms with van der Waals surface area (Å²) in [5.74, 6) is 0. The van der Waals surface area contributed by atoms with Gasteiger partial charge in [-0.25, -0.2) is 0 Å². The van der Waals surface area contributed by atoms with Crippen molar-refractivity contribution in [2.75, 3.05) is 32.7 Å². The van der Waals surface area contributed by atoms with E-state index in [1.807, 2.05) is 6.08 Å². The van der Waals surface area contributed by atoms with Gasteiger partial charge in [-0.15, -0.1) is 6.58 Å². The fraction of sp³-hybridized carbons (Fsp3) is 0.800. The Morgan fingerprint density at radius 2 is 2.15 bits per heavy atom. The first kappa shape index (κ1) is 9.19. The molecular weight excluding hydrogens is 162 g/mol. The maximum Gasteiger partial charge on any atom is 0.0410 e. The zero-order valence-electron chi connectivity index (χ0n) is 8.15. The van der Waals surface area contributed by atoms with E-state index in [0.29, 0.717) is 6.04 Å². The van der Waals surface area contributed by atoms with Crippen molar-refractivity contribution in [3.8, 4) is 0 Å². The van der Waals surface area contributed by atoms with Crippen LogP contribution >= 0.6 is 0 Å². The van der Waals surface area contributed by atoms with Gasteiger partial charge in [0.25, 0.3) is 0 Å². The van der Waals surface area contributed by atoms with Crippen molar-refractivity contribution >= 4 is 0 Å². The quantitative estimate of drug-likeness (QED) is 0.603. The molecule has 0 radical (unpaired) electrons. The molecule has 3 rings (SSSR count). The summed E-state index contributed by atoms with van der Waals surface area (Å²) in [6.45, 7) is 9.78. The molecule has 13 heavy (non-hydrogen) atoms. The smallest absolute Gasteiger partial charge is 0.0410 e. The Balaban J connectivity index is 2.07. The number of nitrogens with two attached hydrogens (primary N) is 1. The fourth-order valence-corrected chi connectivity index (χ4v) is 2.41. The highest BCUT2D eigenvalue weighted by Gasteiger charge is 2.32. The summed E-state index contributed by atoms with van der Waals surface area (Å²) in [4.78, 5) is 5.05. The van der Waals surface area contributed by atoms with Gasteiger partial charge in [0.15, 0.2) is 0 Å². The van der Waals surface area contributed by atoms with Crippen LogP contribution in [0.25, 0.3) is 0 Å². The third-order valence-electron chi connectivity index (χ3n) is 3.25. The van der Waals surface area contributed by atoms with Crippen molar-refractivity contribution in [3.63, 3.8) is 0 Å². The van der Waals surface area contributed by atoms with Gasteiger partial charge in [0.1, 0.15) is 0 Å². The Morgan fingerprint density at radius 3 is 2.92 bits per heavy atom. The van der Waals surface area contributed by atoms with Crippen LogP contribution < -0.4 is 5.73 Å². The molecule has 3 aliphatic rings. The van der Waals surface area contributed by atoms with E-state index in [0.717, 1.165) is 6.54 Å². The zero-order chi connectivity index (χ0) is 9.26. The molecule has 3 heterocycles. The van der Waals surface area contributed by atoms with Crippen LogP contribution in [0.5, 0.6) is 0 Å². The lowest BCUT2D eigenvalue weighted by molar-refractivity contribution is 0.106. The number of fused-ring (bicyclic) bond motifs is 4. The number of piperazine rings is 1. The van der Waals surface area contributed by atoms with Crippen molar-refractivity contribution < 1.29 is 0 Å².